The molecule has 1 aromatic heterocycles. The molecule has 0 aliphatic carbocycles. The number of carbonyl (C=O) groups excluding carboxylic acids is 1. The maximum atomic E-state index is 11.9. The maximum Gasteiger partial charge on any atom is 0.240 e. The summed E-state index contributed by atoms with van der Waals surface area (Å²) in [6, 6.07) is 0. The summed E-state index contributed by atoms with van der Waals surface area (Å²) in [5.74, 6) is 1.27. The average molecular weight is 239 g/mol. The van der Waals surface area contributed by atoms with E-state index in [1.54, 1.807) is 0 Å². The summed E-state index contributed by atoms with van der Waals surface area (Å²) >= 11 is 0. The summed E-state index contributed by atoms with van der Waals surface area (Å²) in [4.78, 5) is 16.1. The number of amides is 1. The Bertz CT molecular complexity index is 377. The molecular weight excluding hydrogens is 218 g/mol. The Morgan fingerprint density at radius 1 is 1.41 bits per heavy atom. The number of aromatic nitrogens is 1. The molecular formula is C12H21N3O2. The molecule has 1 amide bonds. The maximum absolute atomic E-state index is 11.9. The van der Waals surface area contributed by atoms with Crippen LogP contribution in [0.4, 0.5) is 0 Å². The second-order valence-electron chi connectivity index (χ2n) is 4.59. The van der Waals surface area contributed by atoms with Gasteiger partial charge >= 0.3 is 0 Å². The molecule has 0 spiro atoms. The van der Waals surface area contributed by atoms with Crippen LogP contribution in [0.15, 0.2) is 4.42 Å². The molecule has 0 fully saturated rings. The van der Waals surface area contributed by atoms with E-state index >= 15 is 0 Å². The number of aryl methyl sites for hydroxylation is 2. The molecule has 0 unspecified atom stereocenters. The van der Waals surface area contributed by atoms with Gasteiger partial charge in [0.2, 0.25) is 11.8 Å². The Hall–Kier alpha value is -1.36. The van der Waals surface area contributed by atoms with Crippen LogP contribution < -0.4 is 10.6 Å². The van der Waals surface area contributed by atoms with Crippen LogP contribution in [0.25, 0.3) is 0 Å². The Morgan fingerprint density at radius 2 is 2.06 bits per heavy atom. The Kier molecular flexibility index (Phi) is 4.28. The van der Waals surface area contributed by atoms with Gasteiger partial charge in [-0.2, -0.15) is 0 Å². The highest BCUT2D eigenvalue weighted by Crippen LogP contribution is 2.08. The fourth-order valence-corrected chi connectivity index (χ4v) is 1.51. The molecule has 5 nitrogen and oxygen atoms in total. The zero-order valence-corrected chi connectivity index (χ0v) is 11.2. The van der Waals surface area contributed by atoms with E-state index in [2.05, 4.69) is 15.6 Å². The fourth-order valence-electron chi connectivity index (χ4n) is 1.51. The van der Waals surface area contributed by atoms with E-state index in [1.165, 1.54) is 0 Å². The van der Waals surface area contributed by atoms with Crippen LogP contribution in [-0.2, 0) is 11.3 Å². The lowest BCUT2D eigenvalue weighted by molar-refractivity contribution is -0.126. The number of hydrogen-bond acceptors (Lipinski definition) is 4. The van der Waals surface area contributed by atoms with Crippen LogP contribution in [0.1, 0.15) is 38.1 Å². The molecule has 17 heavy (non-hydrogen) atoms. The van der Waals surface area contributed by atoms with Crippen molar-refractivity contribution in [1.82, 2.24) is 15.6 Å². The molecule has 2 N–H and O–H groups in total. The van der Waals surface area contributed by atoms with Crippen molar-refractivity contribution in [1.29, 1.82) is 0 Å². The topological polar surface area (TPSA) is 67.2 Å². The van der Waals surface area contributed by atoms with Gasteiger partial charge in [0.1, 0.15) is 5.76 Å². The van der Waals surface area contributed by atoms with Crippen molar-refractivity contribution in [3.8, 4) is 0 Å². The summed E-state index contributed by atoms with van der Waals surface area (Å²) in [5.41, 5.74) is 0.283. The summed E-state index contributed by atoms with van der Waals surface area (Å²) in [5, 5.41) is 5.92. The van der Waals surface area contributed by atoms with Crippen LogP contribution >= 0.6 is 0 Å². The molecule has 1 aromatic rings. The van der Waals surface area contributed by atoms with Gasteiger partial charge in [-0.25, -0.2) is 4.98 Å². The zero-order valence-electron chi connectivity index (χ0n) is 11.2. The lowest BCUT2D eigenvalue weighted by Crippen LogP contribution is -2.52. The molecule has 0 aromatic carbocycles. The van der Waals surface area contributed by atoms with Gasteiger partial charge in [-0.1, -0.05) is 6.92 Å². The van der Waals surface area contributed by atoms with Crippen LogP contribution in [0.3, 0.4) is 0 Å². The third kappa shape index (κ3) is 3.56. The first-order valence-corrected chi connectivity index (χ1v) is 5.83. The van der Waals surface area contributed by atoms with E-state index in [1.807, 2.05) is 34.6 Å². The molecule has 0 radical (unpaired) electrons. The van der Waals surface area contributed by atoms with Crippen molar-refractivity contribution in [2.75, 3.05) is 6.54 Å². The minimum Gasteiger partial charge on any atom is -0.444 e. The summed E-state index contributed by atoms with van der Waals surface area (Å²) < 4.78 is 5.39. The number of hydrogen-bond donors (Lipinski definition) is 2. The monoisotopic (exact) mass is 239 g/mol. The van der Waals surface area contributed by atoms with E-state index in [-0.39, 0.29) is 5.91 Å². The standard InChI is InChI=1S/C12H21N3O2/c1-6-14-12(4,5)11(16)13-7-10-15-8(2)9(3)17-10/h14H,6-7H2,1-5H3,(H,13,16). The number of nitrogens with one attached hydrogen (secondary N) is 2. The quantitative estimate of drug-likeness (QED) is 0.812. The van der Waals surface area contributed by atoms with Gasteiger partial charge in [-0.05, 0) is 34.2 Å². The SMILES string of the molecule is CCNC(C)(C)C(=O)NCc1nc(C)c(C)o1. The van der Waals surface area contributed by atoms with Gasteiger partial charge in [0.15, 0.2) is 0 Å². The van der Waals surface area contributed by atoms with Gasteiger partial charge in [0, 0.05) is 0 Å². The minimum absolute atomic E-state index is 0.0622. The van der Waals surface area contributed by atoms with Crippen LogP contribution in [0.5, 0.6) is 0 Å². The van der Waals surface area contributed by atoms with E-state index < -0.39 is 5.54 Å². The largest absolute Gasteiger partial charge is 0.444 e. The van der Waals surface area contributed by atoms with Crippen LogP contribution in [0, 0.1) is 13.8 Å². The number of rotatable bonds is 5. The molecule has 0 atom stereocenters. The second kappa shape index (κ2) is 5.31. The van der Waals surface area contributed by atoms with Crippen molar-refractivity contribution in [2.24, 2.45) is 0 Å². The number of likely N-dealkylation sites (N-methyl/N-ethyl adjacent to an activating group) is 1. The molecule has 1 rings (SSSR count). The second-order valence-corrected chi connectivity index (χ2v) is 4.59. The average Bonchev–Trinajstić information content (AvgIpc) is 2.55. The highest BCUT2D eigenvalue weighted by Gasteiger charge is 2.26. The van der Waals surface area contributed by atoms with Crippen molar-refractivity contribution in [3.05, 3.63) is 17.3 Å². The lowest BCUT2D eigenvalue weighted by atomic mass is 10.0. The number of oxazole rings is 1. The van der Waals surface area contributed by atoms with Crippen molar-refractivity contribution in [2.45, 2.75) is 46.7 Å². The molecule has 1 heterocycles. The van der Waals surface area contributed by atoms with E-state index in [9.17, 15) is 4.79 Å². The minimum atomic E-state index is -0.578. The zero-order chi connectivity index (χ0) is 13.1. The van der Waals surface area contributed by atoms with Gasteiger partial charge in [-0.3, -0.25) is 4.79 Å². The molecule has 5 heteroatoms. The summed E-state index contributed by atoms with van der Waals surface area (Å²) in [7, 11) is 0. The Labute approximate surface area is 102 Å². The molecule has 0 aliphatic heterocycles. The lowest BCUT2D eigenvalue weighted by Gasteiger charge is -2.23. The smallest absolute Gasteiger partial charge is 0.240 e. The summed E-state index contributed by atoms with van der Waals surface area (Å²) in [6.45, 7) is 10.5. The molecule has 0 bridgehead atoms. The number of carbonyl (C=O) groups is 1. The van der Waals surface area contributed by atoms with Gasteiger partial charge in [0.25, 0.3) is 0 Å². The fraction of sp³-hybridized carbons (Fsp3) is 0.667. The molecule has 0 saturated heterocycles. The van der Waals surface area contributed by atoms with Crippen LogP contribution in [-0.4, -0.2) is 23.0 Å². The van der Waals surface area contributed by atoms with E-state index in [0.29, 0.717) is 12.4 Å². The normalized spacial score (nSPS) is 11.6. The first-order valence-electron chi connectivity index (χ1n) is 5.83. The van der Waals surface area contributed by atoms with E-state index in [4.69, 9.17) is 4.42 Å². The van der Waals surface area contributed by atoms with Gasteiger partial charge in [-0.15, -0.1) is 0 Å². The first-order chi connectivity index (χ1) is 7.86. The molecule has 0 saturated carbocycles. The predicted octanol–water partition coefficient (Wildman–Crippen LogP) is 1.30. The Balaban J connectivity index is 2.53. The van der Waals surface area contributed by atoms with Gasteiger partial charge in [0.05, 0.1) is 17.8 Å². The van der Waals surface area contributed by atoms with Crippen molar-refractivity contribution >= 4 is 5.91 Å². The van der Waals surface area contributed by atoms with Crippen molar-refractivity contribution in [3.63, 3.8) is 0 Å². The van der Waals surface area contributed by atoms with Gasteiger partial charge < -0.3 is 15.1 Å². The van der Waals surface area contributed by atoms with Crippen LogP contribution in [0.2, 0.25) is 0 Å². The first kappa shape index (κ1) is 13.7. The Morgan fingerprint density at radius 3 is 2.53 bits per heavy atom. The molecule has 96 valence electrons. The molecule has 0 aliphatic rings. The highest BCUT2D eigenvalue weighted by molar-refractivity contribution is 5.85. The third-order valence-electron chi connectivity index (χ3n) is 2.66. The van der Waals surface area contributed by atoms with E-state index in [0.717, 1.165) is 18.0 Å². The third-order valence-corrected chi connectivity index (χ3v) is 2.66. The summed E-state index contributed by atoms with van der Waals surface area (Å²) in [6.07, 6.45) is 0. The number of nitrogens with zero attached hydrogens (tertiary/aromatic N) is 1. The predicted molar refractivity (Wildman–Crippen MR) is 65.6 cm³/mol. The highest BCUT2D eigenvalue weighted by atomic mass is 16.4. The van der Waals surface area contributed by atoms with Crippen molar-refractivity contribution < 1.29 is 9.21 Å².